The van der Waals surface area contributed by atoms with Crippen molar-refractivity contribution < 1.29 is 9.18 Å². The zero-order valence-corrected chi connectivity index (χ0v) is 14.7. The highest BCUT2D eigenvalue weighted by atomic mass is 19.1. The Labute approximate surface area is 143 Å². The maximum atomic E-state index is 13.4. The number of benzene rings is 1. The van der Waals surface area contributed by atoms with E-state index in [1.807, 2.05) is 6.07 Å². The predicted octanol–water partition coefficient (Wildman–Crippen LogP) is 1.79. The molecule has 24 heavy (non-hydrogen) atoms. The van der Waals surface area contributed by atoms with Gasteiger partial charge in [0.15, 0.2) is 5.96 Å². The first-order valence-corrected chi connectivity index (χ1v) is 8.40. The van der Waals surface area contributed by atoms with Gasteiger partial charge >= 0.3 is 0 Å². The fraction of sp³-hybridized carbons (Fsp3) is 0.556. The Morgan fingerprint density at radius 3 is 2.58 bits per heavy atom. The zero-order valence-electron chi connectivity index (χ0n) is 14.7. The second-order valence-electron chi connectivity index (χ2n) is 6.81. The van der Waals surface area contributed by atoms with Crippen molar-refractivity contribution in [2.24, 2.45) is 10.9 Å². The molecule has 132 valence electrons. The molecular weight excluding hydrogens is 307 g/mol. The first kappa shape index (κ1) is 18.2. The van der Waals surface area contributed by atoms with Gasteiger partial charge in [-0.05, 0) is 30.5 Å². The molecule has 0 bridgehead atoms. The van der Waals surface area contributed by atoms with Crippen LogP contribution in [0, 0.1) is 11.7 Å². The minimum absolute atomic E-state index is 0.145. The van der Waals surface area contributed by atoms with Gasteiger partial charge in [-0.25, -0.2) is 4.39 Å². The summed E-state index contributed by atoms with van der Waals surface area (Å²) in [4.78, 5) is 15.7. The van der Waals surface area contributed by atoms with Gasteiger partial charge in [0, 0.05) is 38.0 Å². The molecule has 0 saturated heterocycles. The van der Waals surface area contributed by atoms with Crippen LogP contribution in [-0.2, 0) is 10.2 Å². The molecule has 0 heterocycles. The van der Waals surface area contributed by atoms with Gasteiger partial charge in [0.25, 0.3) is 0 Å². The predicted molar refractivity (Wildman–Crippen MR) is 94.5 cm³/mol. The summed E-state index contributed by atoms with van der Waals surface area (Å²) < 4.78 is 13.4. The SMILES string of the molecule is CN=C(NCCNC(=O)C1CC1)NCC(C)(C)c1cccc(F)c1. The number of amides is 1. The molecule has 2 rings (SSSR count). The lowest BCUT2D eigenvalue weighted by molar-refractivity contribution is -0.122. The number of halogens is 1. The van der Waals surface area contributed by atoms with E-state index >= 15 is 0 Å². The van der Waals surface area contributed by atoms with Crippen molar-refractivity contribution in [2.75, 3.05) is 26.7 Å². The van der Waals surface area contributed by atoms with Crippen molar-refractivity contribution >= 4 is 11.9 Å². The lowest BCUT2D eigenvalue weighted by atomic mass is 9.84. The summed E-state index contributed by atoms with van der Waals surface area (Å²) in [6, 6.07) is 6.66. The van der Waals surface area contributed by atoms with Crippen LogP contribution in [0.4, 0.5) is 4.39 Å². The number of hydrogen-bond acceptors (Lipinski definition) is 2. The Balaban J connectivity index is 1.74. The monoisotopic (exact) mass is 334 g/mol. The van der Waals surface area contributed by atoms with E-state index in [9.17, 15) is 9.18 Å². The van der Waals surface area contributed by atoms with Gasteiger partial charge in [0.1, 0.15) is 5.82 Å². The van der Waals surface area contributed by atoms with Crippen molar-refractivity contribution in [1.82, 2.24) is 16.0 Å². The second kappa shape index (κ2) is 8.13. The summed E-state index contributed by atoms with van der Waals surface area (Å²) in [5.74, 6) is 0.816. The average Bonchev–Trinajstić information content (AvgIpc) is 3.39. The lowest BCUT2D eigenvalue weighted by Crippen LogP contribution is -2.45. The second-order valence-corrected chi connectivity index (χ2v) is 6.81. The van der Waals surface area contributed by atoms with Crippen LogP contribution in [0.5, 0.6) is 0 Å². The van der Waals surface area contributed by atoms with Gasteiger partial charge in [-0.2, -0.15) is 0 Å². The number of nitrogens with one attached hydrogen (secondary N) is 3. The third-order valence-corrected chi connectivity index (χ3v) is 4.19. The molecule has 1 fully saturated rings. The molecule has 3 N–H and O–H groups in total. The Hall–Kier alpha value is -2.11. The van der Waals surface area contributed by atoms with Crippen LogP contribution >= 0.6 is 0 Å². The van der Waals surface area contributed by atoms with E-state index in [1.54, 1.807) is 19.2 Å². The minimum Gasteiger partial charge on any atom is -0.356 e. The van der Waals surface area contributed by atoms with Crippen molar-refractivity contribution in [1.29, 1.82) is 0 Å². The molecule has 0 aliphatic heterocycles. The summed E-state index contributed by atoms with van der Waals surface area (Å²) in [5, 5.41) is 9.33. The number of carbonyl (C=O) groups is 1. The summed E-state index contributed by atoms with van der Waals surface area (Å²) in [5.41, 5.74) is 0.696. The normalized spacial score (nSPS) is 15.1. The number of carbonyl (C=O) groups excluding carboxylic acids is 1. The number of guanidine groups is 1. The molecule has 1 aromatic carbocycles. The molecule has 0 unspecified atom stereocenters. The highest BCUT2D eigenvalue weighted by molar-refractivity contribution is 5.81. The number of hydrogen-bond donors (Lipinski definition) is 3. The van der Waals surface area contributed by atoms with Crippen molar-refractivity contribution in [3.8, 4) is 0 Å². The fourth-order valence-electron chi connectivity index (χ4n) is 2.39. The summed E-state index contributed by atoms with van der Waals surface area (Å²) >= 11 is 0. The molecule has 6 heteroatoms. The number of nitrogens with zero attached hydrogens (tertiary/aromatic N) is 1. The van der Waals surface area contributed by atoms with Gasteiger partial charge in [-0.1, -0.05) is 26.0 Å². The van der Waals surface area contributed by atoms with Crippen molar-refractivity contribution in [2.45, 2.75) is 32.1 Å². The van der Waals surface area contributed by atoms with E-state index in [4.69, 9.17) is 0 Å². The van der Waals surface area contributed by atoms with Crippen molar-refractivity contribution in [3.05, 3.63) is 35.6 Å². The molecule has 0 atom stereocenters. The van der Waals surface area contributed by atoms with E-state index in [0.29, 0.717) is 25.6 Å². The molecule has 0 spiro atoms. The van der Waals surface area contributed by atoms with Crippen LogP contribution in [0.25, 0.3) is 0 Å². The largest absolute Gasteiger partial charge is 0.356 e. The third kappa shape index (κ3) is 5.51. The van der Waals surface area contributed by atoms with Gasteiger partial charge in [-0.15, -0.1) is 0 Å². The van der Waals surface area contributed by atoms with Crippen LogP contribution in [0.1, 0.15) is 32.3 Å². The van der Waals surface area contributed by atoms with Gasteiger partial charge in [0.05, 0.1) is 0 Å². The van der Waals surface area contributed by atoms with E-state index in [0.717, 1.165) is 18.4 Å². The number of aliphatic imine (C=N–C) groups is 1. The molecule has 0 aromatic heterocycles. The van der Waals surface area contributed by atoms with Crippen LogP contribution in [-0.4, -0.2) is 38.5 Å². The lowest BCUT2D eigenvalue weighted by Gasteiger charge is -2.27. The molecule has 1 aromatic rings. The third-order valence-electron chi connectivity index (χ3n) is 4.19. The maximum absolute atomic E-state index is 13.4. The van der Waals surface area contributed by atoms with Crippen LogP contribution < -0.4 is 16.0 Å². The zero-order chi connectivity index (χ0) is 17.6. The molecule has 0 radical (unpaired) electrons. The first-order chi connectivity index (χ1) is 11.4. The Kier molecular flexibility index (Phi) is 6.17. The Bertz CT molecular complexity index is 596. The van der Waals surface area contributed by atoms with E-state index in [-0.39, 0.29) is 23.1 Å². The summed E-state index contributed by atoms with van der Waals surface area (Å²) in [6.45, 7) is 5.90. The standard InChI is InChI=1S/C18H27FN4O/c1-18(2,14-5-4-6-15(19)11-14)12-23-17(20-3)22-10-9-21-16(24)13-7-8-13/h4-6,11,13H,7-10,12H2,1-3H3,(H,21,24)(H2,20,22,23). The minimum atomic E-state index is -0.236. The molecule has 1 saturated carbocycles. The van der Waals surface area contributed by atoms with Gasteiger partial charge in [-0.3, -0.25) is 9.79 Å². The van der Waals surface area contributed by atoms with Crippen molar-refractivity contribution in [3.63, 3.8) is 0 Å². The van der Waals surface area contributed by atoms with Gasteiger partial charge < -0.3 is 16.0 Å². The van der Waals surface area contributed by atoms with Crippen LogP contribution in [0.2, 0.25) is 0 Å². The highest BCUT2D eigenvalue weighted by Gasteiger charge is 2.29. The molecular formula is C18H27FN4O. The quantitative estimate of drug-likeness (QED) is 0.405. The Morgan fingerprint density at radius 1 is 1.25 bits per heavy atom. The van der Waals surface area contributed by atoms with E-state index < -0.39 is 0 Å². The summed E-state index contributed by atoms with van der Waals surface area (Å²) in [6.07, 6.45) is 2.02. The van der Waals surface area contributed by atoms with E-state index in [1.165, 1.54) is 6.07 Å². The van der Waals surface area contributed by atoms with Gasteiger partial charge in [0.2, 0.25) is 5.91 Å². The molecule has 5 nitrogen and oxygen atoms in total. The van der Waals surface area contributed by atoms with E-state index in [2.05, 4.69) is 34.8 Å². The molecule has 1 amide bonds. The Morgan fingerprint density at radius 2 is 1.96 bits per heavy atom. The molecule has 1 aliphatic rings. The first-order valence-electron chi connectivity index (χ1n) is 8.40. The highest BCUT2D eigenvalue weighted by Crippen LogP contribution is 2.28. The topological polar surface area (TPSA) is 65.5 Å². The fourth-order valence-corrected chi connectivity index (χ4v) is 2.39. The summed E-state index contributed by atoms with van der Waals surface area (Å²) in [7, 11) is 1.70. The molecule has 1 aliphatic carbocycles. The number of rotatable bonds is 7. The van der Waals surface area contributed by atoms with Crippen LogP contribution in [0.3, 0.4) is 0 Å². The maximum Gasteiger partial charge on any atom is 0.223 e. The van der Waals surface area contributed by atoms with Crippen LogP contribution in [0.15, 0.2) is 29.3 Å². The smallest absolute Gasteiger partial charge is 0.223 e. The average molecular weight is 334 g/mol.